The summed E-state index contributed by atoms with van der Waals surface area (Å²) in [5.74, 6) is 0.400. The molecule has 0 amide bonds. The van der Waals surface area contributed by atoms with Crippen molar-refractivity contribution in [3.05, 3.63) is 29.3 Å². The Morgan fingerprint density at radius 1 is 1.26 bits per heavy atom. The van der Waals surface area contributed by atoms with Gasteiger partial charge in [0.2, 0.25) is 5.88 Å². The lowest BCUT2D eigenvalue weighted by Crippen LogP contribution is -2.13. The molecular weight excluding hydrogens is 271 g/mol. The minimum atomic E-state index is -0.495. The van der Waals surface area contributed by atoms with E-state index in [2.05, 4.69) is 15.0 Å². The average molecular weight is 283 g/mol. The van der Waals surface area contributed by atoms with E-state index in [1.54, 1.807) is 25.1 Å². The molecule has 2 aromatic heterocycles. The third-order valence-electron chi connectivity index (χ3n) is 2.43. The van der Waals surface area contributed by atoms with Crippen LogP contribution in [0.15, 0.2) is 18.5 Å². The Kier molecular flexibility index (Phi) is 3.80. The molecule has 0 aliphatic rings. The van der Waals surface area contributed by atoms with Crippen molar-refractivity contribution >= 4 is 17.4 Å². The van der Waals surface area contributed by atoms with Crippen LogP contribution in [0.5, 0.6) is 5.88 Å². The smallest absolute Gasteiger partial charge is 0.213 e. The maximum atomic E-state index is 13.5. The van der Waals surface area contributed by atoms with Crippen LogP contribution in [0.4, 0.5) is 10.2 Å². The Labute approximate surface area is 115 Å². The minimum absolute atomic E-state index is 0.192. The Morgan fingerprint density at radius 2 is 2.00 bits per heavy atom. The van der Waals surface area contributed by atoms with Crippen molar-refractivity contribution in [2.75, 3.05) is 26.1 Å². The monoisotopic (exact) mass is 282 g/mol. The molecular formula is C12H12ClFN4O. The maximum Gasteiger partial charge on any atom is 0.213 e. The third kappa shape index (κ3) is 2.73. The summed E-state index contributed by atoms with van der Waals surface area (Å²) in [7, 11) is 4.89. The number of nitrogens with zero attached hydrogens (tertiary/aromatic N) is 4. The summed E-state index contributed by atoms with van der Waals surface area (Å²) < 4.78 is 18.6. The summed E-state index contributed by atoms with van der Waals surface area (Å²) in [6.07, 6.45) is 2.55. The fourth-order valence-electron chi connectivity index (χ4n) is 1.50. The summed E-state index contributed by atoms with van der Waals surface area (Å²) in [5, 5.41) is 0.372. The van der Waals surface area contributed by atoms with Gasteiger partial charge in [-0.1, -0.05) is 11.6 Å². The van der Waals surface area contributed by atoms with Gasteiger partial charge in [-0.15, -0.1) is 0 Å². The summed E-state index contributed by atoms with van der Waals surface area (Å²) in [6.45, 7) is 0. The zero-order chi connectivity index (χ0) is 14.0. The second-order valence-corrected chi connectivity index (χ2v) is 4.37. The molecule has 2 aromatic rings. The van der Waals surface area contributed by atoms with E-state index < -0.39 is 5.82 Å². The van der Waals surface area contributed by atoms with E-state index in [9.17, 15) is 4.39 Å². The van der Waals surface area contributed by atoms with Gasteiger partial charge in [-0.3, -0.25) is 0 Å². The molecule has 0 spiro atoms. The van der Waals surface area contributed by atoms with Crippen molar-refractivity contribution < 1.29 is 9.13 Å². The minimum Gasteiger partial charge on any atom is -0.481 e. The highest BCUT2D eigenvalue weighted by Crippen LogP contribution is 2.28. The Hall–Kier alpha value is -1.95. The number of aromatic nitrogens is 3. The molecule has 0 fully saturated rings. The molecule has 0 aliphatic carbocycles. The first-order chi connectivity index (χ1) is 9.02. The highest BCUT2D eigenvalue weighted by Gasteiger charge is 2.13. The van der Waals surface area contributed by atoms with Gasteiger partial charge in [-0.25, -0.2) is 19.3 Å². The van der Waals surface area contributed by atoms with Crippen LogP contribution in [0.1, 0.15) is 0 Å². The molecule has 0 unspecified atom stereocenters. The number of hydrogen-bond acceptors (Lipinski definition) is 5. The normalized spacial score (nSPS) is 10.4. The second-order valence-electron chi connectivity index (χ2n) is 3.97. The van der Waals surface area contributed by atoms with E-state index in [0.717, 1.165) is 6.20 Å². The lowest BCUT2D eigenvalue weighted by atomic mass is 10.2. The first-order valence-electron chi connectivity index (χ1n) is 5.42. The zero-order valence-electron chi connectivity index (χ0n) is 10.7. The number of hydrogen-bond donors (Lipinski definition) is 0. The molecule has 2 rings (SSSR count). The highest BCUT2D eigenvalue weighted by atomic mass is 35.5. The molecule has 100 valence electrons. The van der Waals surface area contributed by atoms with E-state index in [1.165, 1.54) is 13.3 Å². The Bertz CT molecular complexity index is 606. The summed E-state index contributed by atoms with van der Waals surface area (Å²) in [6, 6.07) is 1.61. The molecule has 7 heteroatoms. The van der Waals surface area contributed by atoms with Crippen LogP contribution >= 0.6 is 11.6 Å². The van der Waals surface area contributed by atoms with E-state index in [1.807, 2.05) is 0 Å². The van der Waals surface area contributed by atoms with Gasteiger partial charge in [-0.2, -0.15) is 0 Å². The van der Waals surface area contributed by atoms with Crippen LogP contribution in [-0.4, -0.2) is 36.2 Å². The zero-order valence-corrected chi connectivity index (χ0v) is 11.4. The summed E-state index contributed by atoms with van der Waals surface area (Å²) >= 11 is 6.05. The SMILES string of the molecule is COc1cc(-c2ncc(F)c(N(C)C)n2)c(Cl)cn1. The number of methoxy groups -OCH3 is 1. The van der Waals surface area contributed by atoms with E-state index in [-0.39, 0.29) is 5.82 Å². The first-order valence-corrected chi connectivity index (χ1v) is 5.80. The van der Waals surface area contributed by atoms with E-state index in [0.29, 0.717) is 22.3 Å². The number of rotatable bonds is 3. The van der Waals surface area contributed by atoms with Gasteiger partial charge in [0.25, 0.3) is 0 Å². The van der Waals surface area contributed by atoms with Gasteiger partial charge in [0.15, 0.2) is 17.5 Å². The fourth-order valence-corrected chi connectivity index (χ4v) is 1.69. The average Bonchev–Trinajstić information content (AvgIpc) is 2.40. The quantitative estimate of drug-likeness (QED) is 0.865. The van der Waals surface area contributed by atoms with Crippen molar-refractivity contribution in [1.29, 1.82) is 0 Å². The molecule has 0 aliphatic heterocycles. The molecule has 5 nitrogen and oxygen atoms in total. The van der Waals surface area contributed by atoms with Crippen LogP contribution in [0.2, 0.25) is 5.02 Å². The largest absolute Gasteiger partial charge is 0.481 e. The van der Waals surface area contributed by atoms with E-state index in [4.69, 9.17) is 16.3 Å². The molecule has 0 atom stereocenters. The van der Waals surface area contributed by atoms with Crippen molar-refractivity contribution in [3.8, 4) is 17.3 Å². The lowest BCUT2D eigenvalue weighted by Gasteiger charge is -2.13. The van der Waals surface area contributed by atoms with Crippen molar-refractivity contribution in [1.82, 2.24) is 15.0 Å². The van der Waals surface area contributed by atoms with Crippen LogP contribution in [0, 0.1) is 5.82 Å². The standard InChI is InChI=1S/C12H12ClFN4O/c1-18(2)12-9(14)6-16-11(17-12)7-4-10(19-3)15-5-8(7)13/h4-6H,1-3H3. The third-order valence-corrected chi connectivity index (χ3v) is 2.73. The van der Waals surface area contributed by atoms with Gasteiger partial charge < -0.3 is 9.64 Å². The van der Waals surface area contributed by atoms with Crippen molar-refractivity contribution in [2.45, 2.75) is 0 Å². The van der Waals surface area contributed by atoms with Crippen LogP contribution in [0.3, 0.4) is 0 Å². The second kappa shape index (κ2) is 5.36. The number of halogens is 2. The predicted molar refractivity (Wildman–Crippen MR) is 71.1 cm³/mol. The van der Waals surface area contributed by atoms with Crippen LogP contribution in [-0.2, 0) is 0 Å². The molecule has 0 saturated heterocycles. The molecule has 19 heavy (non-hydrogen) atoms. The molecule has 2 heterocycles. The predicted octanol–water partition coefficient (Wildman–Crippen LogP) is 2.41. The highest BCUT2D eigenvalue weighted by molar-refractivity contribution is 6.33. The summed E-state index contributed by atoms with van der Waals surface area (Å²) in [4.78, 5) is 13.6. The first kappa shape index (κ1) is 13.5. The number of anilines is 1. The van der Waals surface area contributed by atoms with Gasteiger partial charge >= 0.3 is 0 Å². The topological polar surface area (TPSA) is 51.1 Å². The van der Waals surface area contributed by atoms with Crippen molar-refractivity contribution in [3.63, 3.8) is 0 Å². The van der Waals surface area contributed by atoms with Crippen molar-refractivity contribution in [2.24, 2.45) is 0 Å². The fraction of sp³-hybridized carbons (Fsp3) is 0.250. The molecule has 0 aromatic carbocycles. The molecule has 0 bridgehead atoms. The maximum absolute atomic E-state index is 13.5. The van der Waals surface area contributed by atoms with Gasteiger partial charge in [0.05, 0.1) is 24.5 Å². The van der Waals surface area contributed by atoms with Gasteiger partial charge in [0, 0.05) is 25.7 Å². The Balaban J connectivity index is 2.55. The molecule has 0 saturated carbocycles. The number of ether oxygens (including phenoxy) is 1. The lowest BCUT2D eigenvalue weighted by molar-refractivity contribution is 0.398. The summed E-state index contributed by atoms with van der Waals surface area (Å²) in [5.41, 5.74) is 0.539. The van der Waals surface area contributed by atoms with Crippen LogP contribution in [0.25, 0.3) is 11.4 Å². The van der Waals surface area contributed by atoms with Gasteiger partial charge in [-0.05, 0) is 0 Å². The number of pyridine rings is 1. The molecule has 0 N–H and O–H groups in total. The van der Waals surface area contributed by atoms with Crippen LogP contribution < -0.4 is 9.64 Å². The Morgan fingerprint density at radius 3 is 2.63 bits per heavy atom. The molecule has 0 radical (unpaired) electrons. The van der Waals surface area contributed by atoms with Gasteiger partial charge in [0.1, 0.15) is 0 Å². The van der Waals surface area contributed by atoms with E-state index >= 15 is 0 Å².